The second kappa shape index (κ2) is 5.58. The van der Waals surface area contributed by atoms with Crippen LogP contribution in [-0.2, 0) is 6.42 Å². The summed E-state index contributed by atoms with van der Waals surface area (Å²) < 4.78 is 0. The minimum atomic E-state index is 0.0410. The highest BCUT2D eigenvalue weighted by molar-refractivity contribution is 7.10. The summed E-state index contributed by atoms with van der Waals surface area (Å²) in [6, 6.07) is 9.62. The molecule has 1 aromatic carbocycles. The van der Waals surface area contributed by atoms with E-state index in [0.717, 1.165) is 19.4 Å². The molecular formula is C16H16ClNOS. The third-order valence-corrected chi connectivity index (χ3v) is 5.17. The molecule has 2 heterocycles. The standard InChI is InChI=1S/C16H16ClNOS/c1-2-14-12-8-10-20-15(12)7-9-18(14)16(19)11-5-3-4-6-13(11)17/h3-6,8,10,14H,2,7,9H2,1H3. The maximum atomic E-state index is 12.8. The molecule has 3 rings (SSSR count). The minimum Gasteiger partial charge on any atom is -0.331 e. The van der Waals surface area contributed by atoms with E-state index >= 15 is 0 Å². The summed E-state index contributed by atoms with van der Waals surface area (Å²) in [5, 5.41) is 2.65. The molecule has 1 atom stereocenters. The van der Waals surface area contributed by atoms with Gasteiger partial charge in [-0.1, -0.05) is 30.7 Å². The van der Waals surface area contributed by atoms with Crippen LogP contribution in [0.5, 0.6) is 0 Å². The highest BCUT2D eigenvalue weighted by Gasteiger charge is 2.31. The lowest BCUT2D eigenvalue weighted by molar-refractivity contribution is 0.0657. The van der Waals surface area contributed by atoms with Gasteiger partial charge < -0.3 is 4.90 Å². The van der Waals surface area contributed by atoms with Gasteiger partial charge in [-0.15, -0.1) is 11.3 Å². The molecule has 2 nitrogen and oxygen atoms in total. The van der Waals surface area contributed by atoms with E-state index in [1.165, 1.54) is 10.4 Å². The Hall–Kier alpha value is -1.32. The van der Waals surface area contributed by atoms with Crippen LogP contribution in [0.1, 0.15) is 40.2 Å². The second-order valence-electron chi connectivity index (χ2n) is 4.95. The number of hydrogen-bond donors (Lipinski definition) is 0. The average Bonchev–Trinajstić information content (AvgIpc) is 2.94. The Morgan fingerprint density at radius 2 is 2.20 bits per heavy atom. The number of carbonyl (C=O) groups is 1. The number of benzene rings is 1. The Kier molecular flexibility index (Phi) is 3.81. The summed E-state index contributed by atoms with van der Waals surface area (Å²) >= 11 is 7.96. The monoisotopic (exact) mass is 305 g/mol. The molecule has 4 heteroatoms. The van der Waals surface area contributed by atoms with Crippen LogP contribution in [0.25, 0.3) is 0 Å². The quantitative estimate of drug-likeness (QED) is 0.797. The zero-order chi connectivity index (χ0) is 14.1. The van der Waals surface area contributed by atoms with Crippen LogP contribution < -0.4 is 0 Å². The lowest BCUT2D eigenvalue weighted by Gasteiger charge is -2.35. The smallest absolute Gasteiger partial charge is 0.255 e. The number of carbonyl (C=O) groups excluding carboxylic acids is 1. The number of nitrogens with zero attached hydrogens (tertiary/aromatic N) is 1. The molecule has 1 amide bonds. The van der Waals surface area contributed by atoms with Gasteiger partial charge in [0.2, 0.25) is 0 Å². The molecule has 1 aromatic heterocycles. The number of thiophene rings is 1. The average molecular weight is 306 g/mol. The van der Waals surface area contributed by atoms with Crippen molar-refractivity contribution in [1.29, 1.82) is 0 Å². The van der Waals surface area contributed by atoms with E-state index in [1.54, 1.807) is 23.5 Å². The molecule has 0 bridgehead atoms. The first kappa shape index (κ1) is 13.7. The van der Waals surface area contributed by atoms with Crippen molar-refractivity contribution in [3.8, 4) is 0 Å². The van der Waals surface area contributed by atoms with Gasteiger partial charge in [0.1, 0.15) is 0 Å². The maximum absolute atomic E-state index is 12.8. The van der Waals surface area contributed by atoms with Crippen LogP contribution in [0.3, 0.4) is 0 Å². The van der Waals surface area contributed by atoms with Crippen molar-refractivity contribution in [3.05, 3.63) is 56.7 Å². The summed E-state index contributed by atoms with van der Waals surface area (Å²) in [4.78, 5) is 16.2. The van der Waals surface area contributed by atoms with Gasteiger partial charge in [0.25, 0.3) is 5.91 Å². The third kappa shape index (κ3) is 2.25. The third-order valence-electron chi connectivity index (χ3n) is 3.85. The predicted molar refractivity (Wildman–Crippen MR) is 83.5 cm³/mol. The van der Waals surface area contributed by atoms with E-state index in [0.29, 0.717) is 10.6 Å². The van der Waals surface area contributed by atoms with Crippen molar-refractivity contribution < 1.29 is 4.79 Å². The molecule has 0 fully saturated rings. The number of hydrogen-bond acceptors (Lipinski definition) is 2. The van der Waals surface area contributed by atoms with Crippen LogP contribution in [0.4, 0.5) is 0 Å². The first-order valence-electron chi connectivity index (χ1n) is 6.84. The Bertz CT molecular complexity index is 637. The van der Waals surface area contributed by atoms with Crippen LogP contribution >= 0.6 is 22.9 Å². The zero-order valence-corrected chi connectivity index (χ0v) is 12.9. The number of fused-ring (bicyclic) bond motifs is 1. The summed E-state index contributed by atoms with van der Waals surface area (Å²) in [5.74, 6) is 0.0410. The molecule has 0 radical (unpaired) electrons. The molecule has 1 unspecified atom stereocenters. The van der Waals surface area contributed by atoms with Crippen LogP contribution in [0, 0.1) is 0 Å². The minimum absolute atomic E-state index is 0.0410. The van der Waals surface area contributed by atoms with Crippen molar-refractivity contribution >= 4 is 28.8 Å². The number of halogens is 1. The molecule has 0 N–H and O–H groups in total. The van der Waals surface area contributed by atoms with Gasteiger partial charge in [0.15, 0.2) is 0 Å². The highest BCUT2D eigenvalue weighted by atomic mass is 35.5. The summed E-state index contributed by atoms with van der Waals surface area (Å²) in [6.07, 6.45) is 1.87. The van der Waals surface area contributed by atoms with E-state index in [1.807, 2.05) is 17.0 Å². The summed E-state index contributed by atoms with van der Waals surface area (Å²) in [5.41, 5.74) is 1.91. The fourth-order valence-corrected chi connectivity index (χ4v) is 4.01. The summed E-state index contributed by atoms with van der Waals surface area (Å²) in [7, 11) is 0. The van der Waals surface area contributed by atoms with E-state index in [2.05, 4.69) is 18.4 Å². The van der Waals surface area contributed by atoms with E-state index in [-0.39, 0.29) is 11.9 Å². The van der Waals surface area contributed by atoms with Gasteiger partial charge in [0, 0.05) is 11.4 Å². The fourth-order valence-electron chi connectivity index (χ4n) is 2.87. The molecule has 20 heavy (non-hydrogen) atoms. The van der Waals surface area contributed by atoms with Gasteiger partial charge in [-0.05, 0) is 42.0 Å². The van der Waals surface area contributed by atoms with Gasteiger partial charge in [-0.2, -0.15) is 0 Å². The summed E-state index contributed by atoms with van der Waals surface area (Å²) in [6.45, 7) is 2.90. The van der Waals surface area contributed by atoms with E-state index in [9.17, 15) is 4.79 Å². The molecular weight excluding hydrogens is 290 g/mol. The number of rotatable bonds is 2. The largest absolute Gasteiger partial charge is 0.331 e. The molecule has 0 saturated carbocycles. The number of amides is 1. The normalized spacial score (nSPS) is 17.9. The highest BCUT2D eigenvalue weighted by Crippen LogP contribution is 2.36. The van der Waals surface area contributed by atoms with Crippen molar-refractivity contribution in [2.24, 2.45) is 0 Å². The van der Waals surface area contributed by atoms with Gasteiger partial charge in [-0.25, -0.2) is 0 Å². The van der Waals surface area contributed by atoms with Crippen molar-refractivity contribution in [2.45, 2.75) is 25.8 Å². The molecule has 0 spiro atoms. The van der Waals surface area contributed by atoms with Crippen molar-refractivity contribution in [3.63, 3.8) is 0 Å². The van der Waals surface area contributed by atoms with Crippen LogP contribution in [-0.4, -0.2) is 17.4 Å². The Morgan fingerprint density at radius 1 is 1.40 bits per heavy atom. The zero-order valence-electron chi connectivity index (χ0n) is 11.3. The Morgan fingerprint density at radius 3 is 2.95 bits per heavy atom. The second-order valence-corrected chi connectivity index (χ2v) is 6.36. The maximum Gasteiger partial charge on any atom is 0.255 e. The van der Waals surface area contributed by atoms with Gasteiger partial charge in [0.05, 0.1) is 16.6 Å². The molecule has 1 aliphatic heterocycles. The molecule has 0 aliphatic carbocycles. The van der Waals surface area contributed by atoms with Gasteiger partial charge >= 0.3 is 0 Å². The lowest BCUT2D eigenvalue weighted by atomic mass is 9.97. The first-order chi connectivity index (χ1) is 9.72. The SMILES string of the molecule is CCC1c2ccsc2CCN1C(=O)c1ccccc1Cl. The molecule has 104 valence electrons. The molecule has 2 aromatic rings. The molecule has 0 saturated heterocycles. The lowest BCUT2D eigenvalue weighted by Crippen LogP contribution is -2.39. The molecule has 1 aliphatic rings. The van der Waals surface area contributed by atoms with Crippen molar-refractivity contribution in [1.82, 2.24) is 4.90 Å². The fraction of sp³-hybridized carbons (Fsp3) is 0.312. The van der Waals surface area contributed by atoms with Crippen LogP contribution in [0.15, 0.2) is 35.7 Å². The Labute approximate surface area is 128 Å². The van der Waals surface area contributed by atoms with Crippen LogP contribution in [0.2, 0.25) is 5.02 Å². The van der Waals surface area contributed by atoms with Gasteiger partial charge in [-0.3, -0.25) is 4.79 Å². The Balaban J connectivity index is 1.95. The van der Waals surface area contributed by atoms with E-state index < -0.39 is 0 Å². The predicted octanol–water partition coefficient (Wildman–Crippen LogP) is 4.55. The topological polar surface area (TPSA) is 20.3 Å². The van der Waals surface area contributed by atoms with E-state index in [4.69, 9.17) is 11.6 Å². The first-order valence-corrected chi connectivity index (χ1v) is 8.10. The van der Waals surface area contributed by atoms with Crippen molar-refractivity contribution in [2.75, 3.05) is 6.54 Å².